The van der Waals surface area contributed by atoms with E-state index in [4.69, 9.17) is 0 Å². The Morgan fingerprint density at radius 2 is 2.38 bits per heavy atom. The average molecular weight is 177 g/mol. The molecule has 1 aromatic rings. The lowest BCUT2D eigenvalue weighted by Crippen LogP contribution is -2.46. The van der Waals surface area contributed by atoms with E-state index in [0.717, 1.165) is 18.9 Å². The molecule has 3 heteroatoms. The minimum Gasteiger partial charge on any atom is -0.348 e. The van der Waals surface area contributed by atoms with Gasteiger partial charge < -0.3 is 10.3 Å². The lowest BCUT2D eigenvalue weighted by Gasteiger charge is -2.34. The van der Waals surface area contributed by atoms with Crippen LogP contribution in [0.3, 0.4) is 0 Å². The highest BCUT2D eigenvalue weighted by Crippen LogP contribution is 2.46. The number of aromatic amines is 1. The molecule has 1 atom stereocenters. The quantitative estimate of drug-likeness (QED) is 0.676. The van der Waals surface area contributed by atoms with Crippen LogP contribution in [0.25, 0.3) is 0 Å². The number of nitrogens with one attached hydrogen (secondary N) is 2. The molecule has 1 aliphatic heterocycles. The van der Waals surface area contributed by atoms with Gasteiger partial charge in [0.1, 0.15) is 0 Å². The predicted molar refractivity (Wildman–Crippen MR) is 50.4 cm³/mol. The van der Waals surface area contributed by atoms with E-state index in [-0.39, 0.29) is 5.54 Å². The summed E-state index contributed by atoms with van der Waals surface area (Å²) in [4.78, 5) is 7.70. The zero-order valence-corrected chi connectivity index (χ0v) is 7.93. The van der Waals surface area contributed by atoms with Crippen LogP contribution in [0.1, 0.15) is 31.2 Å². The Morgan fingerprint density at radius 3 is 3.15 bits per heavy atom. The Labute approximate surface area is 78.0 Å². The van der Waals surface area contributed by atoms with Crippen LogP contribution in [-0.4, -0.2) is 16.5 Å². The zero-order chi connectivity index (χ0) is 8.89. The predicted octanol–water partition coefficient (Wildman–Crippen LogP) is 1.18. The molecule has 0 spiro atoms. The van der Waals surface area contributed by atoms with E-state index >= 15 is 0 Å². The first kappa shape index (κ1) is 7.56. The number of hydrogen-bond donors (Lipinski definition) is 2. The molecule has 1 saturated carbocycles. The molecular weight excluding hydrogens is 162 g/mol. The minimum absolute atomic E-state index is 0.160. The molecule has 1 aliphatic carbocycles. The van der Waals surface area contributed by atoms with Crippen LogP contribution in [0.4, 0.5) is 0 Å². The van der Waals surface area contributed by atoms with E-state index in [1.165, 1.54) is 24.2 Å². The van der Waals surface area contributed by atoms with Crippen LogP contribution in [0.15, 0.2) is 6.33 Å². The van der Waals surface area contributed by atoms with Gasteiger partial charge in [0.2, 0.25) is 0 Å². The summed E-state index contributed by atoms with van der Waals surface area (Å²) < 4.78 is 0. The molecule has 1 aromatic heterocycles. The second kappa shape index (κ2) is 2.35. The summed E-state index contributed by atoms with van der Waals surface area (Å²) in [6.07, 6.45) is 5.64. The van der Waals surface area contributed by atoms with Crippen LogP contribution in [-0.2, 0) is 12.0 Å². The molecule has 0 bridgehead atoms. The fraction of sp³-hybridized carbons (Fsp3) is 0.700. The molecule has 0 aromatic carbocycles. The highest BCUT2D eigenvalue weighted by atomic mass is 15.1. The molecule has 13 heavy (non-hydrogen) atoms. The lowest BCUT2D eigenvalue weighted by atomic mass is 9.87. The van der Waals surface area contributed by atoms with Gasteiger partial charge in [-0.2, -0.15) is 0 Å². The number of aromatic nitrogens is 2. The highest BCUT2D eigenvalue weighted by Gasteiger charge is 2.46. The van der Waals surface area contributed by atoms with E-state index in [1.54, 1.807) is 0 Å². The summed E-state index contributed by atoms with van der Waals surface area (Å²) in [5.74, 6) is 0.815. The number of H-pyrrole nitrogens is 1. The Balaban J connectivity index is 2.07. The molecule has 2 heterocycles. The summed E-state index contributed by atoms with van der Waals surface area (Å²) in [6, 6.07) is 0. The summed E-state index contributed by atoms with van der Waals surface area (Å²) in [7, 11) is 0. The standard InChI is InChI=1S/C10H15N3/c1-10(7-2-3-7)9-8(4-5-13-10)11-6-12-9/h6-7,13H,2-5H2,1H3,(H,11,12). The van der Waals surface area contributed by atoms with Crippen molar-refractivity contribution in [1.82, 2.24) is 15.3 Å². The van der Waals surface area contributed by atoms with Crippen molar-refractivity contribution < 1.29 is 0 Å². The maximum absolute atomic E-state index is 4.45. The average Bonchev–Trinajstić information content (AvgIpc) is 2.86. The summed E-state index contributed by atoms with van der Waals surface area (Å²) >= 11 is 0. The second-order valence-corrected chi connectivity index (χ2v) is 4.38. The van der Waals surface area contributed by atoms with Gasteiger partial charge in [-0.1, -0.05) is 0 Å². The van der Waals surface area contributed by atoms with Crippen molar-refractivity contribution in [2.45, 2.75) is 31.7 Å². The molecular formula is C10H15N3. The van der Waals surface area contributed by atoms with Gasteiger partial charge >= 0.3 is 0 Å². The maximum atomic E-state index is 4.45. The van der Waals surface area contributed by atoms with Gasteiger partial charge in [-0.05, 0) is 25.7 Å². The monoisotopic (exact) mass is 177 g/mol. The van der Waals surface area contributed by atoms with E-state index < -0.39 is 0 Å². The van der Waals surface area contributed by atoms with E-state index in [9.17, 15) is 0 Å². The van der Waals surface area contributed by atoms with Crippen LogP contribution in [0.2, 0.25) is 0 Å². The van der Waals surface area contributed by atoms with Crippen LogP contribution >= 0.6 is 0 Å². The number of hydrogen-bond acceptors (Lipinski definition) is 2. The van der Waals surface area contributed by atoms with Gasteiger partial charge in [-0.15, -0.1) is 0 Å². The van der Waals surface area contributed by atoms with Crippen LogP contribution < -0.4 is 5.32 Å². The maximum Gasteiger partial charge on any atom is 0.0926 e. The molecule has 70 valence electrons. The number of fused-ring (bicyclic) bond motifs is 1. The Kier molecular flexibility index (Phi) is 1.37. The lowest BCUT2D eigenvalue weighted by molar-refractivity contribution is 0.293. The highest BCUT2D eigenvalue weighted by molar-refractivity contribution is 5.27. The first-order chi connectivity index (χ1) is 6.31. The second-order valence-electron chi connectivity index (χ2n) is 4.38. The van der Waals surface area contributed by atoms with Crippen molar-refractivity contribution in [3.8, 4) is 0 Å². The van der Waals surface area contributed by atoms with Crippen molar-refractivity contribution in [3.63, 3.8) is 0 Å². The molecule has 0 radical (unpaired) electrons. The molecule has 1 unspecified atom stereocenters. The third-order valence-corrected chi connectivity index (χ3v) is 3.47. The van der Waals surface area contributed by atoms with Crippen molar-refractivity contribution in [2.24, 2.45) is 5.92 Å². The summed E-state index contributed by atoms with van der Waals surface area (Å²) in [5.41, 5.74) is 2.77. The Bertz CT molecular complexity index is 327. The Hall–Kier alpha value is -0.830. The van der Waals surface area contributed by atoms with Crippen LogP contribution in [0, 0.1) is 5.92 Å². The van der Waals surface area contributed by atoms with Gasteiger partial charge in [0, 0.05) is 18.7 Å². The normalized spacial score (nSPS) is 33.0. The van der Waals surface area contributed by atoms with E-state index in [0.29, 0.717) is 0 Å². The molecule has 2 aliphatic rings. The fourth-order valence-electron chi connectivity index (χ4n) is 2.49. The molecule has 2 N–H and O–H groups in total. The third kappa shape index (κ3) is 0.967. The molecule has 3 rings (SSSR count). The minimum atomic E-state index is 0.160. The van der Waals surface area contributed by atoms with Crippen molar-refractivity contribution >= 4 is 0 Å². The summed E-state index contributed by atoms with van der Waals surface area (Å²) in [6.45, 7) is 3.38. The van der Waals surface area contributed by atoms with Gasteiger partial charge in [-0.25, -0.2) is 4.98 Å². The molecule has 1 fully saturated rings. The number of nitrogens with zero attached hydrogens (tertiary/aromatic N) is 1. The van der Waals surface area contributed by atoms with Crippen LogP contribution in [0.5, 0.6) is 0 Å². The molecule has 3 nitrogen and oxygen atoms in total. The zero-order valence-electron chi connectivity index (χ0n) is 7.93. The number of rotatable bonds is 1. The van der Waals surface area contributed by atoms with Gasteiger partial charge in [0.15, 0.2) is 0 Å². The molecule has 0 saturated heterocycles. The first-order valence-electron chi connectivity index (χ1n) is 5.08. The van der Waals surface area contributed by atoms with Gasteiger partial charge in [0.05, 0.1) is 17.6 Å². The molecule has 0 amide bonds. The van der Waals surface area contributed by atoms with Gasteiger partial charge in [-0.3, -0.25) is 0 Å². The Morgan fingerprint density at radius 1 is 1.54 bits per heavy atom. The largest absolute Gasteiger partial charge is 0.348 e. The first-order valence-corrected chi connectivity index (χ1v) is 5.08. The fourth-order valence-corrected chi connectivity index (χ4v) is 2.49. The smallest absolute Gasteiger partial charge is 0.0926 e. The van der Waals surface area contributed by atoms with E-state index in [1.807, 2.05) is 6.33 Å². The van der Waals surface area contributed by atoms with Crippen molar-refractivity contribution in [2.75, 3.05) is 6.54 Å². The number of imidazole rings is 1. The van der Waals surface area contributed by atoms with E-state index in [2.05, 4.69) is 22.2 Å². The summed E-state index contributed by atoms with van der Waals surface area (Å²) in [5, 5.41) is 3.62. The SMILES string of the molecule is CC1(C2CC2)NCCc2[nH]cnc21. The van der Waals surface area contributed by atoms with Crippen molar-refractivity contribution in [1.29, 1.82) is 0 Å². The third-order valence-electron chi connectivity index (χ3n) is 3.47. The van der Waals surface area contributed by atoms with Crippen molar-refractivity contribution in [3.05, 3.63) is 17.7 Å². The topological polar surface area (TPSA) is 40.7 Å². The van der Waals surface area contributed by atoms with Gasteiger partial charge in [0.25, 0.3) is 0 Å².